The summed E-state index contributed by atoms with van der Waals surface area (Å²) >= 11 is 0. The predicted molar refractivity (Wildman–Crippen MR) is 265 cm³/mol. The minimum absolute atomic E-state index is 0.167. The SMILES string of the molecule is Cc1c(CCCCN(C)CCOCCN(C)CCCOc2cccc(-c3cccc(OCCCN4CCCC4)c3C)c2C)cccc1-c1cccc(OCCCN2CCC(O)C2)c1C. The molecule has 0 aliphatic carbocycles. The summed E-state index contributed by atoms with van der Waals surface area (Å²) in [4.78, 5) is 9.61. The van der Waals surface area contributed by atoms with E-state index >= 15 is 0 Å². The van der Waals surface area contributed by atoms with E-state index < -0.39 is 0 Å². The number of β-amino-alcohol motifs (C(OH)–C–C–N with tert-alkyl or cyclic N) is 1. The van der Waals surface area contributed by atoms with Crippen molar-refractivity contribution in [2.24, 2.45) is 0 Å². The highest BCUT2D eigenvalue weighted by Crippen LogP contribution is 2.36. The zero-order valence-corrected chi connectivity index (χ0v) is 40.3. The van der Waals surface area contributed by atoms with Crippen molar-refractivity contribution in [3.8, 4) is 39.5 Å². The number of rotatable bonds is 28. The van der Waals surface area contributed by atoms with Crippen molar-refractivity contribution >= 4 is 0 Å². The van der Waals surface area contributed by atoms with Crippen LogP contribution in [0.4, 0.5) is 0 Å². The van der Waals surface area contributed by atoms with Crippen LogP contribution >= 0.6 is 0 Å². The van der Waals surface area contributed by atoms with Gasteiger partial charge in [-0.25, -0.2) is 0 Å². The molecule has 1 atom stereocenters. The van der Waals surface area contributed by atoms with Crippen molar-refractivity contribution in [1.29, 1.82) is 0 Å². The zero-order chi connectivity index (χ0) is 45.1. The smallest absolute Gasteiger partial charge is 0.122 e. The number of aryl methyl sites for hydroxylation is 1. The van der Waals surface area contributed by atoms with Gasteiger partial charge in [-0.05, 0) is 187 Å². The summed E-state index contributed by atoms with van der Waals surface area (Å²) < 4.78 is 24.9. The van der Waals surface area contributed by atoms with E-state index in [9.17, 15) is 5.11 Å². The van der Waals surface area contributed by atoms with E-state index in [-0.39, 0.29) is 6.10 Å². The summed E-state index contributed by atoms with van der Waals surface area (Å²) in [5.74, 6) is 2.90. The molecular weight excluding hydrogens is 797 g/mol. The second-order valence-corrected chi connectivity index (χ2v) is 18.4. The highest BCUT2D eigenvalue weighted by atomic mass is 16.5. The fourth-order valence-corrected chi connectivity index (χ4v) is 9.38. The van der Waals surface area contributed by atoms with Crippen LogP contribution in [-0.2, 0) is 11.2 Å². The molecule has 64 heavy (non-hydrogen) atoms. The molecule has 0 bridgehead atoms. The fraction of sp³-hybridized carbons (Fsp3) is 0.564. The first-order valence-corrected chi connectivity index (χ1v) is 24.5. The molecule has 0 saturated carbocycles. The number of likely N-dealkylation sites (tertiary alicyclic amines) is 2. The fourth-order valence-electron chi connectivity index (χ4n) is 9.38. The number of hydrogen-bond donors (Lipinski definition) is 1. The molecule has 0 amide bonds. The summed E-state index contributed by atoms with van der Waals surface area (Å²) in [5, 5.41) is 9.80. The van der Waals surface area contributed by atoms with Crippen LogP contribution in [0.15, 0.2) is 72.8 Å². The van der Waals surface area contributed by atoms with Crippen LogP contribution in [0.3, 0.4) is 0 Å². The van der Waals surface area contributed by atoms with Gasteiger partial charge in [-0.2, -0.15) is 0 Å². The molecule has 0 spiro atoms. The summed E-state index contributed by atoms with van der Waals surface area (Å²) in [6.45, 7) is 22.6. The lowest BCUT2D eigenvalue weighted by Gasteiger charge is -2.20. The van der Waals surface area contributed by atoms with Crippen molar-refractivity contribution in [1.82, 2.24) is 19.6 Å². The minimum atomic E-state index is -0.167. The highest BCUT2D eigenvalue weighted by Gasteiger charge is 2.20. The highest BCUT2D eigenvalue weighted by molar-refractivity contribution is 5.75. The third-order valence-corrected chi connectivity index (χ3v) is 13.5. The van der Waals surface area contributed by atoms with Gasteiger partial charge in [0.05, 0.1) is 39.1 Å². The quantitative estimate of drug-likeness (QED) is 0.0563. The Balaban J connectivity index is 0.820. The molecule has 2 heterocycles. The van der Waals surface area contributed by atoms with Crippen molar-refractivity contribution in [2.75, 3.05) is 113 Å². The van der Waals surface area contributed by atoms with E-state index in [1.54, 1.807) is 0 Å². The number of benzene rings is 4. The van der Waals surface area contributed by atoms with Gasteiger partial charge in [0.15, 0.2) is 0 Å². The van der Waals surface area contributed by atoms with E-state index in [1.165, 1.54) is 76.0 Å². The molecule has 2 aliphatic heterocycles. The van der Waals surface area contributed by atoms with Gasteiger partial charge < -0.3 is 43.7 Å². The largest absolute Gasteiger partial charge is 0.493 e. The van der Waals surface area contributed by atoms with E-state index in [0.717, 1.165) is 134 Å². The molecular formula is C55H80N4O5. The van der Waals surface area contributed by atoms with E-state index in [0.29, 0.717) is 13.2 Å². The van der Waals surface area contributed by atoms with Crippen LogP contribution in [0.5, 0.6) is 17.2 Å². The molecule has 4 aromatic rings. The van der Waals surface area contributed by atoms with Crippen molar-refractivity contribution in [3.63, 3.8) is 0 Å². The Hall–Kier alpha value is -3.96. The molecule has 6 rings (SSSR count). The van der Waals surface area contributed by atoms with Gasteiger partial charge in [-0.3, -0.25) is 0 Å². The van der Waals surface area contributed by atoms with Gasteiger partial charge in [0.1, 0.15) is 17.2 Å². The van der Waals surface area contributed by atoms with Crippen LogP contribution in [-0.4, -0.2) is 143 Å². The second kappa shape index (κ2) is 26.3. The molecule has 1 N–H and O–H groups in total. The topological polar surface area (TPSA) is 70.1 Å². The number of hydrogen-bond acceptors (Lipinski definition) is 9. The standard InChI is InChI=1S/C55H80N4O5/c1-43-47(19-11-20-49(43)50-21-12-24-53(44(50)2)64-39-17-33-59-34-27-48(60)42-59)18-7-8-28-56(5)35-40-61-41-36-57(6)29-15-37-62-54-25-13-22-51(45(54)3)52-23-14-26-55(46(52)4)63-38-16-32-58-30-9-10-31-58/h11-14,19-26,48,60H,7-10,15-18,27-42H2,1-6H3. The Bertz CT molecular complexity index is 2000. The molecule has 0 aromatic heterocycles. The lowest BCUT2D eigenvalue weighted by atomic mass is 9.91. The van der Waals surface area contributed by atoms with Gasteiger partial charge in [0, 0.05) is 45.8 Å². The van der Waals surface area contributed by atoms with Crippen LogP contribution in [0.2, 0.25) is 0 Å². The summed E-state index contributed by atoms with van der Waals surface area (Å²) in [5.41, 5.74) is 11.3. The number of unbranched alkanes of at least 4 members (excludes halogenated alkanes) is 1. The molecule has 350 valence electrons. The number of ether oxygens (including phenoxy) is 4. The third-order valence-electron chi connectivity index (χ3n) is 13.5. The number of aliphatic hydroxyl groups excluding tert-OH is 1. The Labute approximate surface area is 386 Å². The lowest BCUT2D eigenvalue weighted by molar-refractivity contribution is 0.0926. The first kappa shape index (κ1) is 49.5. The molecule has 4 aromatic carbocycles. The summed E-state index contributed by atoms with van der Waals surface area (Å²) in [6, 6.07) is 26.0. The maximum atomic E-state index is 9.80. The normalized spacial score (nSPS) is 15.8. The molecule has 9 heteroatoms. The molecule has 0 radical (unpaired) electrons. The zero-order valence-electron chi connectivity index (χ0n) is 40.3. The Morgan fingerprint density at radius 1 is 0.516 bits per heavy atom. The van der Waals surface area contributed by atoms with Gasteiger partial charge in [0.2, 0.25) is 0 Å². The average Bonchev–Trinajstić information content (AvgIpc) is 3.98. The predicted octanol–water partition coefficient (Wildman–Crippen LogP) is 9.63. The van der Waals surface area contributed by atoms with Gasteiger partial charge in [0.25, 0.3) is 0 Å². The van der Waals surface area contributed by atoms with Crippen LogP contribution in [0.25, 0.3) is 22.3 Å². The number of aliphatic hydroxyl groups is 1. The molecule has 2 saturated heterocycles. The summed E-state index contributed by atoms with van der Waals surface area (Å²) in [6.07, 6.45) is 9.77. The molecule has 9 nitrogen and oxygen atoms in total. The first-order valence-electron chi connectivity index (χ1n) is 24.5. The summed E-state index contributed by atoms with van der Waals surface area (Å²) in [7, 11) is 4.38. The van der Waals surface area contributed by atoms with Crippen molar-refractivity contribution < 1.29 is 24.1 Å². The Morgan fingerprint density at radius 2 is 0.984 bits per heavy atom. The van der Waals surface area contributed by atoms with Crippen LogP contribution in [0.1, 0.15) is 79.2 Å². The van der Waals surface area contributed by atoms with E-state index in [1.807, 2.05) is 0 Å². The third kappa shape index (κ3) is 15.0. The van der Waals surface area contributed by atoms with Crippen molar-refractivity contribution in [2.45, 2.75) is 91.6 Å². The first-order chi connectivity index (χ1) is 31.2. The molecule has 1 unspecified atom stereocenters. The number of likely N-dealkylation sites (N-methyl/N-ethyl adjacent to an activating group) is 2. The molecule has 2 aliphatic rings. The maximum absolute atomic E-state index is 9.80. The molecule has 2 fully saturated rings. The van der Waals surface area contributed by atoms with Gasteiger partial charge >= 0.3 is 0 Å². The van der Waals surface area contributed by atoms with Gasteiger partial charge in [-0.15, -0.1) is 0 Å². The van der Waals surface area contributed by atoms with Gasteiger partial charge in [-0.1, -0.05) is 54.6 Å². The van der Waals surface area contributed by atoms with Crippen LogP contribution < -0.4 is 14.2 Å². The minimum Gasteiger partial charge on any atom is -0.493 e. The Kier molecular flexibility index (Phi) is 20.3. The number of nitrogens with zero attached hydrogens (tertiary/aromatic N) is 4. The average molecular weight is 877 g/mol. The monoisotopic (exact) mass is 877 g/mol. The van der Waals surface area contributed by atoms with Crippen LogP contribution in [0, 0.1) is 27.7 Å². The lowest BCUT2D eigenvalue weighted by Crippen LogP contribution is -2.28. The van der Waals surface area contributed by atoms with E-state index in [4.69, 9.17) is 18.9 Å². The second-order valence-electron chi connectivity index (χ2n) is 18.4. The van der Waals surface area contributed by atoms with Crippen molar-refractivity contribution in [3.05, 3.63) is 101 Å². The van der Waals surface area contributed by atoms with E-state index in [2.05, 4.69) is 134 Å². The maximum Gasteiger partial charge on any atom is 0.122 e. The Morgan fingerprint density at radius 3 is 1.50 bits per heavy atom.